The molecule has 0 fully saturated rings. The molecule has 2 N–H and O–H groups in total. The maximum atomic E-state index is 13.4. The number of amides is 2. The summed E-state index contributed by atoms with van der Waals surface area (Å²) in [5.41, 5.74) is 3.72. The van der Waals surface area contributed by atoms with Crippen LogP contribution in [0.25, 0.3) is 10.9 Å². The second-order valence-corrected chi connectivity index (χ2v) is 8.80. The quantitative estimate of drug-likeness (QED) is 0.607. The smallest absolute Gasteiger partial charge is 0.253 e. The highest BCUT2D eigenvalue weighted by Crippen LogP contribution is 2.28. The summed E-state index contributed by atoms with van der Waals surface area (Å²) < 4.78 is 0. The maximum absolute atomic E-state index is 13.4. The predicted molar refractivity (Wildman–Crippen MR) is 120 cm³/mol. The molecule has 0 saturated heterocycles. The SMILES string of the molecule is CC(C)[C@H](NC(=O)c1ccc(Cl)cc1Cl)C(=O)N1CCc2[nH]c3ccccc3c2C1. The van der Waals surface area contributed by atoms with E-state index in [0.29, 0.717) is 23.7 Å². The minimum atomic E-state index is -0.643. The fourth-order valence-electron chi connectivity index (χ4n) is 3.96. The summed E-state index contributed by atoms with van der Waals surface area (Å²) >= 11 is 12.1. The van der Waals surface area contributed by atoms with E-state index in [1.807, 2.05) is 36.9 Å². The Hall–Kier alpha value is -2.50. The zero-order valence-corrected chi connectivity index (χ0v) is 18.3. The number of hydrogen-bond acceptors (Lipinski definition) is 2. The highest BCUT2D eigenvalue weighted by Gasteiger charge is 2.32. The lowest BCUT2D eigenvalue weighted by Gasteiger charge is -2.32. The van der Waals surface area contributed by atoms with Crippen molar-refractivity contribution in [3.05, 3.63) is 69.3 Å². The number of hydrogen-bond donors (Lipinski definition) is 2. The molecule has 0 saturated carbocycles. The Balaban J connectivity index is 1.54. The van der Waals surface area contributed by atoms with Crippen molar-refractivity contribution in [2.45, 2.75) is 32.9 Å². The van der Waals surface area contributed by atoms with Crippen molar-refractivity contribution in [1.29, 1.82) is 0 Å². The summed E-state index contributed by atoms with van der Waals surface area (Å²) in [6.07, 6.45) is 0.761. The standard InChI is InChI=1S/C23H23Cl2N3O2/c1-13(2)21(27-22(29)16-8-7-14(24)11-18(16)25)23(30)28-10-9-20-17(12-28)15-5-3-4-6-19(15)26-20/h3-8,11,13,21,26H,9-10,12H2,1-2H3,(H,27,29)/t21-/m0/s1. The van der Waals surface area contributed by atoms with E-state index in [-0.39, 0.29) is 22.8 Å². The predicted octanol–water partition coefficient (Wildman–Crippen LogP) is 4.81. The summed E-state index contributed by atoms with van der Waals surface area (Å²) in [6, 6.07) is 12.2. The fraction of sp³-hybridized carbons (Fsp3) is 0.304. The second kappa shape index (κ2) is 8.32. The highest BCUT2D eigenvalue weighted by atomic mass is 35.5. The number of carbonyl (C=O) groups is 2. The molecular formula is C23H23Cl2N3O2. The molecular weight excluding hydrogens is 421 g/mol. The van der Waals surface area contributed by atoms with Crippen molar-refractivity contribution in [3.63, 3.8) is 0 Å². The van der Waals surface area contributed by atoms with Gasteiger partial charge in [-0.05, 0) is 30.2 Å². The Morgan fingerprint density at radius 3 is 2.63 bits per heavy atom. The van der Waals surface area contributed by atoms with E-state index >= 15 is 0 Å². The number of nitrogens with one attached hydrogen (secondary N) is 2. The fourth-order valence-corrected chi connectivity index (χ4v) is 4.45. The van der Waals surface area contributed by atoms with Gasteiger partial charge in [-0.2, -0.15) is 0 Å². The summed E-state index contributed by atoms with van der Waals surface area (Å²) in [4.78, 5) is 31.4. The number of H-pyrrole nitrogens is 1. The lowest BCUT2D eigenvalue weighted by Crippen LogP contribution is -2.52. The van der Waals surface area contributed by atoms with Crippen molar-refractivity contribution < 1.29 is 9.59 Å². The van der Waals surface area contributed by atoms with Gasteiger partial charge in [-0.25, -0.2) is 0 Å². The molecule has 0 radical (unpaired) electrons. The van der Waals surface area contributed by atoms with E-state index in [4.69, 9.17) is 23.2 Å². The third-order valence-electron chi connectivity index (χ3n) is 5.59. The Morgan fingerprint density at radius 1 is 1.13 bits per heavy atom. The average Bonchev–Trinajstić information content (AvgIpc) is 3.09. The van der Waals surface area contributed by atoms with Crippen LogP contribution in [0.3, 0.4) is 0 Å². The van der Waals surface area contributed by atoms with E-state index in [1.165, 1.54) is 11.8 Å². The largest absolute Gasteiger partial charge is 0.358 e. The van der Waals surface area contributed by atoms with Gasteiger partial charge in [0.1, 0.15) is 6.04 Å². The van der Waals surface area contributed by atoms with Crippen molar-refractivity contribution in [2.24, 2.45) is 5.92 Å². The number of halogens is 2. The zero-order chi connectivity index (χ0) is 21.4. The van der Waals surface area contributed by atoms with E-state index in [2.05, 4.69) is 16.4 Å². The highest BCUT2D eigenvalue weighted by molar-refractivity contribution is 6.36. The molecule has 0 unspecified atom stereocenters. The summed E-state index contributed by atoms with van der Waals surface area (Å²) in [6.45, 7) is 4.99. The van der Waals surface area contributed by atoms with Gasteiger partial charge in [0.2, 0.25) is 5.91 Å². The minimum absolute atomic E-state index is 0.0723. The molecule has 0 spiro atoms. The second-order valence-electron chi connectivity index (χ2n) is 7.96. The van der Waals surface area contributed by atoms with Crippen LogP contribution in [0.4, 0.5) is 0 Å². The van der Waals surface area contributed by atoms with Crippen molar-refractivity contribution in [2.75, 3.05) is 6.54 Å². The Kier molecular flexibility index (Phi) is 5.76. The molecule has 0 bridgehead atoms. The van der Waals surface area contributed by atoms with Crippen molar-refractivity contribution in [1.82, 2.24) is 15.2 Å². The number of fused-ring (bicyclic) bond motifs is 3. The summed E-state index contributed by atoms with van der Waals surface area (Å²) in [5.74, 6) is -0.537. The molecule has 2 aromatic carbocycles. The van der Waals surface area contributed by atoms with Crippen LogP contribution in [0.15, 0.2) is 42.5 Å². The van der Waals surface area contributed by atoms with Crippen LogP contribution in [0.1, 0.15) is 35.5 Å². The minimum Gasteiger partial charge on any atom is -0.358 e. The number of para-hydroxylation sites is 1. The van der Waals surface area contributed by atoms with E-state index in [9.17, 15) is 9.59 Å². The number of nitrogens with zero attached hydrogens (tertiary/aromatic N) is 1. The molecule has 1 aliphatic rings. The third kappa shape index (κ3) is 3.92. The summed E-state index contributed by atoms with van der Waals surface area (Å²) in [7, 11) is 0. The Labute approximate surface area is 185 Å². The molecule has 1 aliphatic heterocycles. The lowest BCUT2D eigenvalue weighted by atomic mass is 9.99. The number of carbonyl (C=O) groups excluding carboxylic acids is 2. The number of rotatable bonds is 4. The molecule has 7 heteroatoms. The van der Waals surface area contributed by atoms with Crippen molar-refractivity contribution in [3.8, 4) is 0 Å². The molecule has 5 nitrogen and oxygen atoms in total. The van der Waals surface area contributed by atoms with Crippen molar-refractivity contribution >= 4 is 45.9 Å². The number of benzene rings is 2. The zero-order valence-electron chi connectivity index (χ0n) is 16.8. The first kappa shape index (κ1) is 20.8. The topological polar surface area (TPSA) is 65.2 Å². The number of aromatic nitrogens is 1. The van der Waals surface area contributed by atoms with Gasteiger partial charge < -0.3 is 15.2 Å². The van der Waals surface area contributed by atoms with E-state index in [1.54, 1.807) is 12.1 Å². The van der Waals surface area contributed by atoms with Gasteiger partial charge in [0.15, 0.2) is 0 Å². The van der Waals surface area contributed by atoms with Crippen LogP contribution in [-0.2, 0) is 17.8 Å². The van der Waals surface area contributed by atoms with Crippen LogP contribution in [0.5, 0.6) is 0 Å². The molecule has 2 heterocycles. The molecule has 30 heavy (non-hydrogen) atoms. The molecule has 0 aliphatic carbocycles. The normalized spacial score (nSPS) is 14.6. The first-order valence-electron chi connectivity index (χ1n) is 9.98. The van der Waals surface area contributed by atoms with Crippen LogP contribution in [0.2, 0.25) is 10.0 Å². The first-order chi connectivity index (χ1) is 14.3. The molecule has 1 atom stereocenters. The van der Waals surface area contributed by atoms with Gasteiger partial charge in [-0.3, -0.25) is 9.59 Å². The van der Waals surface area contributed by atoms with E-state index in [0.717, 1.165) is 22.9 Å². The molecule has 4 rings (SSSR count). The first-order valence-corrected chi connectivity index (χ1v) is 10.7. The van der Waals surface area contributed by atoms with Gasteiger partial charge in [0.05, 0.1) is 10.6 Å². The molecule has 3 aromatic rings. The van der Waals surface area contributed by atoms with Gasteiger partial charge in [-0.1, -0.05) is 55.2 Å². The maximum Gasteiger partial charge on any atom is 0.253 e. The molecule has 2 amide bonds. The summed E-state index contributed by atoms with van der Waals surface area (Å²) in [5, 5.41) is 4.74. The van der Waals surface area contributed by atoms with Gasteiger partial charge >= 0.3 is 0 Å². The van der Waals surface area contributed by atoms with Crippen LogP contribution in [0, 0.1) is 5.92 Å². The number of aromatic amines is 1. The van der Waals surface area contributed by atoms with Crippen LogP contribution in [-0.4, -0.2) is 34.3 Å². The average molecular weight is 444 g/mol. The lowest BCUT2D eigenvalue weighted by molar-refractivity contribution is -0.135. The molecule has 1 aromatic heterocycles. The van der Waals surface area contributed by atoms with E-state index < -0.39 is 6.04 Å². The Morgan fingerprint density at radius 2 is 1.90 bits per heavy atom. The third-order valence-corrected chi connectivity index (χ3v) is 6.14. The van der Waals surface area contributed by atoms with Crippen LogP contribution < -0.4 is 5.32 Å². The van der Waals surface area contributed by atoms with Crippen LogP contribution >= 0.6 is 23.2 Å². The molecule has 156 valence electrons. The van der Waals surface area contributed by atoms with Gasteiger partial charge in [-0.15, -0.1) is 0 Å². The van der Waals surface area contributed by atoms with Gasteiger partial charge in [0.25, 0.3) is 5.91 Å². The monoisotopic (exact) mass is 443 g/mol. The van der Waals surface area contributed by atoms with Gasteiger partial charge in [0, 0.05) is 46.7 Å². The Bertz CT molecular complexity index is 1120.